The molecule has 1 aliphatic heterocycles. The van der Waals surface area contributed by atoms with E-state index in [1.165, 1.54) is 11.8 Å². The lowest BCUT2D eigenvalue weighted by molar-refractivity contribution is -0.124. The molecule has 1 saturated heterocycles. The van der Waals surface area contributed by atoms with Crippen molar-refractivity contribution >= 4 is 29.3 Å². The molecule has 1 aromatic rings. The quantitative estimate of drug-likeness (QED) is 0.800. The maximum Gasteiger partial charge on any atom is 0.247 e. The lowest BCUT2D eigenvalue weighted by Crippen LogP contribution is -2.49. The SMILES string of the molecule is O=C1CSCC(C(=O)Nc2ccccc2)N1. The van der Waals surface area contributed by atoms with Gasteiger partial charge in [-0.25, -0.2) is 0 Å². The Labute approximate surface area is 97.8 Å². The van der Waals surface area contributed by atoms with Crippen molar-refractivity contribution in [1.82, 2.24) is 5.32 Å². The number of carbonyl (C=O) groups is 2. The van der Waals surface area contributed by atoms with Crippen LogP contribution in [0.1, 0.15) is 0 Å². The van der Waals surface area contributed by atoms with Gasteiger partial charge in [0.25, 0.3) is 0 Å². The van der Waals surface area contributed by atoms with Crippen molar-refractivity contribution in [2.75, 3.05) is 16.8 Å². The molecule has 2 N–H and O–H groups in total. The van der Waals surface area contributed by atoms with Gasteiger partial charge in [0.05, 0.1) is 5.75 Å². The topological polar surface area (TPSA) is 58.2 Å². The smallest absolute Gasteiger partial charge is 0.247 e. The van der Waals surface area contributed by atoms with E-state index in [2.05, 4.69) is 10.6 Å². The average Bonchev–Trinajstić information content (AvgIpc) is 2.30. The van der Waals surface area contributed by atoms with Gasteiger partial charge in [0.15, 0.2) is 0 Å². The Morgan fingerprint density at radius 1 is 1.38 bits per heavy atom. The van der Waals surface area contributed by atoms with E-state index in [0.717, 1.165) is 5.69 Å². The van der Waals surface area contributed by atoms with Gasteiger partial charge in [0, 0.05) is 11.4 Å². The molecule has 1 unspecified atom stereocenters. The van der Waals surface area contributed by atoms with Crippen LogP contribution in [0.25, 0.3) is 0 Å². The molecule has 1 aromatic carbocycles. The van der Waals surface area contributed by atoms with Gasteiger partial charge in [-0.2, -0.15) is 0 Å². The van der Waals surface area contributed by atoms with Crippen LogP contribution in [0, 0.1) is 0 Å². The standard InChI is InChI=1S/C11H12N2O2S/c14-10-7-16-6-9(13-10)11(15)12-8-4-2-1-3-5-8/h1-5,9H,6-7H2,(H,12,15)(H,13,14). The van der Waals surface area contributed by atoms with E-state index in [4.69, 9.17) is 0 Å². The molecule has 2 amide bonds. The summed E-state index contributed by atoms with van der Waals surface area (Å²) in [6, 6.07) is 8.79. The van der Waals surface area contributed by atoms with Gasteiger partial charge in [0.2, 0.25) is 11.8 Å². The Kier molecular flexibility index (Phi) is 3.46. The zero-order valence-corrected chi connectivity index (χ0v) is 9.42. The van der Waals surface area contributed by atoms with Crippen molar-refractivity contribution in [3.05, 3.63) is 30.3 Å². The third-order valence-corrected chi connectivity index (χ3v) is 3.25. The van der Waals surface area contributed by atoms with Crippen LogP contribution in [0.5, 0.6) is 0 Å². The fraction of sp³-hybridized carbons (Fsp3) is 0.273. The number of para-hydroxylation sites is 1. The highest BCUT2D eigenvalue weighted by Gasteiger charge is 2.24. The number of anilines is 1. The highest BCUT2D eigenvalue weighted by Crippen LogP contribution is 2.11. The van der Waals surface area contributed by atoms with Crippen molar-refractivity contribution in [1.29, 1.82) is 0 Å². The normalized spacial score (nSPS) is 20.0. The lowest BCUT2D eigenvalue weighted by atomic mass is 10.2. The van der Waals surface area contributed by atoms with E-state index in [-0.39, 0.29) is 11.8 Å². The number of benzene rings is 1. The highest BCUT2D eigenvalue weighted by atomic mass is 32.2. The van der Waals surface area contributed by atoms with E-state index < -0.39 is 6.04 Å². The number of rotatable bonds is 2. The van der Waals surface area contributed by atoms with Crippen LogP contribution in [-0.2, 0) is 9.59 Å². The molecule has 0 aromatic heterocycles. The molecule has 0 spiro atoms. The zero-order chi connectivity index (χ0) is 11.4. The molecule has 1 atom stereocenters. The van der Waals surface area contributed by atoms with Crippen LogP contribution in [0.3, 0.4) is 0 Å². The van der Waals surface area contributed by atoms with Crippen molar-refractivity contribution in [3.8, 4) is 0 Å². The summed E-state index contributed by atoms with van der Waals surface area (Å²) in [6.45, 7) is 0. The Morgan fingerprint density at radius 3 is 2.81 bits per heavy atom. The van der Waals surface area contributed by atoms with E-state index in [1.54, 1.807) is 0 Å². The van der Waals surface area contributed by atoms with Gasteiger partial charge in [0.1, 0.15) is 6.04 Å². The molecule has 4 nitrogen and oxygen atoms in total. The van der Waals surface area contributed by atoms with Crippen LogP contribution < -0.4 is 10.6 Å². The third kappa shape index (κ3) is 2.76. The summed E-state index contributed by atoms with van der Waals surface area (Å²) in [6.07, 6.45) is 0. The van der Waals surface area contributed by atoms with Crippen molar-refractivity contribution in [3.63, 3.8) is 0 Å². The molecule has 84 valence electrons. The van der Waals surface area contributed by atoms with Crippen LogP contribution >= 0.6 is 11.8 Å². The number of thioether (sulfide) groups is 1. The maximum atomic E-state index is 11.8. The fourth-order valence-electron chi connectivity index (χ4n) is 1.44. The minimum atomic E-state index is -0.425. The predicted octanol–water partition coefficient (Wildman–Crippen LogP) is 0.857. The van der Waals surface area contributed by atoms with E-state index in [9.17, 15) is 9.59 Å². The number of hydrogen-bond acceptors (Lipinski definition) is 3. The predicted molar refractivity (Wildman–Crippen MR) is 64.3 cm³/mol. The minimum Gasteiger partial charge on any atom is -0.343 e. The zero-order valence-electron chi connectivity index (χ0n) is 8.60. The second kappa shape index (κ2) is 5.03. The van der Waals surface area contributed by atoms with Crippen molar-refractivity contribution in [2.45, 2.75) is 6.04 Å². The Hall–Kier alpha value is -1.49. The summed E-state index contributed by atoms with van der Waals surface area (Å²) in [5.74, 6) is 0.829. The van der Waals surface area contributed by atoms with Gasteiger partial charge in [-0.15, -0.1) is 11.8 Å². The first kappa shape index (κ1) is 11.0. The summed E-state index contributed by atoms with van der Waals surface area (Å²) in [5.41, 5.74) is 0.748. The number of amides is 2. The second-order valence-corrected chi connectivity index (χ2v) is 4.52. The Morgan fingerprint density at radius 2 is 2.12 bits per heavy atom. The summed E-state index contributed by atoms with van der Waals surface area (Å²) in [4.78, 5) is 22.9. The molecule has 0 bridgehead atoms. The molecule has 2 rings (SSSR count). The summed E-state index contributed by atoms with van der Waals surface area (Å²) in [7, 11) is 0. The van der Waals surface area contributed by atoms with Crippen molar-refractivity contribution < 1.29 is 9.59 Å². The van der Waals surface area contributed by atoms with E-state index in [1.807, 2.05) is 30.3 Å². The molecule has 5 heteroatoms. The summed E-state index contributed by atoms with van der Waals surface area (Å²) >= 11 is 1.48. The van der Waals surface area contributed by atoms with Gasteiger partial charge in [-0.1, -0.05) is 18.2 Å². The first-order valence-electron chi connectivity index (χ1n) is 4.99. The largest absolute Gasteiger partial charge is 0.343 e. The highest BCUT2D eigenvalue weighted by molar-refractivity contribution is 8.00. The minimum absolute atomic E-state index is 0.0792. The van der Waals surface area contributed by atoms with Gasteiger partial charge < -0.3 is 10.6 Å². The fourth-order valence-corrected chi connectivity index (χ4v) is 2.30. The van der Waals surface area contributed by atoms with Crippen LogP contribution in [0.15, 0.2) is 30.3 Å². The molecule has 1 heterocycles. The number of carbonyl (C=O) groups excluding carboxylic acids is 2. The summed E-state index contributed by atoms with van der Waals surface area (Å²) < 4.78 is 0. The molecule has 16 heavy (non-hydrogen) atoms. The Balaban J connectivity index is 1.95. The lowest BCUT2D eigenvalue weighted by Gasteiger charge is -2.21. The van der Waals surface area contributed by atoms with Crippen LogP contribution in [0.2, 0.25) is 0 Å². The monoisotopic (exact) mass is 236 g/mol. The van der Waals surface area contributed by atoms with Gasteiger partial charge in [-0.3, -0.25) is 9.59 Å². The molecular formula is C11H12N2O2S. The van der Waals surface area contributed by atoms with E-state index in [0.29, 0.717) is 11.5 Å². The van der Waals surface area contributed by atoms with Crippen molar-refractivity contribution in [2.24, 2.45) is 0 Å². The molecule has 1 aliphatic rings. The Bertz CT molecular complexity index is 394. The van der Waals surface area contributed by atoms with Gasteiger partial charge in [-0.05, 0) is 12.1 Å². The first-order chi connectivity index (χ1) is 7.75. The number of hydrogen-bond donors (Lipinski definition) is 2. The maximum absolute atomic E-state index is 11.8. The summed E-state index contributed by atoms with van der Waals surface area (Å²) in [5, 5.41) is 5.43. The first-order valence-corrected chi connectivity index (χ1v) is 6.14. The van der Waals surface area contributed by atoms with E-state index >= 15 is 0 Å². The van der Waals surface area contributed by atoms with Gasteiger partial charge >= 0.3 is 0 Å². The molecule has 1 fully saturated rings. The molecule has 0 radical (unpaired) electrons. The molecular weight excluding hydrogens is 224 g/mol. The third-order valence-electron chi connectivity index (χ3n) is 2.21. The molecule has 0 aliphatic carbocycles. The average molecular weight is 236 g/mol. The number of nitrogens with one attached hydrogen (secondary N) is 2. The molecule has 0 saturated carbocycles. The van der Waals surface area contributed by atoms with Crippen LogP contribution in [-0.4, -0.2) is 29.4 Å². The second-order valence-electron chi connectivity index (χ2n) is 3.49. The van der Waals surface area contributed by atoms with Crippen LogP contribution in [0.4, 0.5) is 5.69 Å².